The number of fused-ring (bicyclic) bond motifs is 1. The molecule has 0 aliphatic heterocycles. The Labute approximate surface area is 215 Å². The van der Waals surface area contributed by atoms with E-state index in [0.29, 0.717) is 13.0 Å². The van der Waals surface area contributed by atoms with E-state index in [1.807, 2.05) is 0 Å². The van der Waals surface area contributed by atoms with Gasteiger partial charge in [0.25, 0.3) is 0 Å². The summed E-state index contributed by atoms with van der Waals surface area (Å²) in [5, 5.41) is 9.74. The highest BCUT2D eigenvalue weighted by molar-refractivity contribution is 6.00. The first-order chi connectivity index (χ1) is 16.8. The van der Waals surface area contributed by atoms with Crippen LogP contribution in [0, 0.1) is 0 Å². The molecule has 4 aromatic rings. The van der Waals surface area contributed by atoms with Crippen LogP contribution in [-0.4, -0.2) is 39.9 Å². The Morgan fingerprint density at radius 3 is 1.42 bits per heavy atom. The van der Waals surface area contributed by atoms with Crippen LogP contribution in [0.4, 0.5) is 0 Å². The molecule has 0 aliphatic carbocycles. The minimum atomic E-state index is 0.0624. The third-order valence-electron chi connectivity index (χ3n) is 6.73. The third-order valence-corrected chi connectivity index (χ3v) is 6.73. The van der Waals surface area contributed by atoms with Crippen LogP contribution < -0.4 is 0 Å². The molecule has 3 aromatic carbocycles. The fourth-order valence-electron chi connectivity index (χ4n) is 4.32. The summed E-state index contributed by atoms with van der Waals surface area (Å²) in [5.74, 6) is 0.0624. The zero-order chi connectivity index (χ0) is 26.3. The summed E-state index contributed by atoms with van der Waals surface area (Å²) in [5.41, 5.74) is 8.81. The molecule has 0 N–H and O–H groups in total. The zero-order valence-corrected chi connectivity index (χ0v) is 22.9. The van der Waals surface area contributed by atoms with Gasteiger partial charge in [0, 0.05) is 31.6 Å². The fourth-order valence-corrected chi connectivity index (χ4v) is 4.32. The number of aryl methyl sites for hydroxylation is 1. The van der Waals surface area contributed by atoms with Crippen molar-refractivity contribution in [3.63, 3.8) is 0 Å². The number of amides is 1. The van der Waals surface area contributed by atoms with Crippen LogP contribution >= 0.6 is 0 Å². The first-order valence-corrected chi connectivity index (χ1v) is 12.6. The second kappa shape index (κ2) is 9.53. The molecule has 4 rings (SSSR count). The average molecular weight is 483 g/mol. The van der Waals surface area contributed by atoms with Crippen LogP contribution in [0.15, 0.2) is 60.7 Å². The minimum Gasteiger partial charge on any atom is -0.349 e. The Morgan fingerprint density at radius 2 is 1.08 bits per heavy atom. The number of nitrogens with zero attached hydrogens (tertiary/aromatic N) is 4. The highest BCUT2D eigenvalue weighted by atomic mass is 16.2. The van der Waals surface area contributed by atoms with Crippen molar-refractivity contribution in [3.8, 4) is 22.3 Å². The molecule has 0 saturated heterocycles. The molecule has 0 saturated carbocycles. The first-order valence-electron chi connectivity index (χ1n) is 12.6. The lowest BCUT2D eigenvalue weighted by Crippen LogP contribution is -2.23. The van der Waals surface area contributed by atoms with Crippen molar-refractivity contribution in [3.05, 3.63) is 71.8 Å². The lowest BCUT2D eigenvalue weighted by Gasteiger charge is -2.19. The molecule has 0 unspecified atom stereocenters. The summed E-state index contributed by atoms with van der Waals surface area (Å²) in [4.78, 5) is 15.5. The Kier molecular flexibility index (Phi) is 6.78. The molecule has 1 aromatic heterocycles. The van der Waals surface area contributed by atoms with E-state index in [1.54, 1.807) is 23.8 Å². The van der Waals surface area contributed by atoms with Crippen molar-refractivity contribution < 1.29 is 4.79 Å². The molecule has 1 amide bonds. The summed E-state index contributed by atoms with van der Waals surface area (Å²) in [6, 6.07) is 21.7. The molecule has 0 spiro atoms. The van der Waals surface area contributed by atoms with Crippen LogP contribution in [0.3, 0.4) is 0 Å². The van der Waals surface area contributed by atoms with Crippen LogP contribution in [-0.2, 0) is 22.2 Å². The number of carbonyl (C=O) groups excluding carboxylic acids is 1. The highest BCUT2D eigenvalue weighted by Crippen LogP contribution is 2.35. The minimum absolute atomic E-state index is 0.0624. The molecule has 5 nitrogen and oxygen atoms in total. The van der Waals surface area contributed by atoms with Gasteiger partial charge in [0.2, 0.25) is 5.91 Å². The normalized spacial score (nSPS) is 12.2. The summed E-state index contributed by atoms with van der Waals surface area (Å²) in [6.07, 6.45) is 0.360. The van der Waals surface area contributed by atoms with Gasteiger partial charge in [0.15, 0.2) is 0 Å². The molecular weight excluding hydrogens is 444 g/mol. The lowest BCUT2D eigenvalue weighted by atomic mass is 9.85. The van der Waals surface area contributed by atoms with Gasteiger partial charge < -0.3 is 4.90 Å². The van der Waals surface area contributed by atoms with Crippen molar-refractivity contribution in [2.75, 3.05) is 14.1 Å². The van der Waals surface area contributed by atoms with Gasteiger partial charge in [0.1, 0.15) is 11.0 Å². The van der Waals surface area contributed by atoms with Crippen LogP contribution in [0.25, 0.3) is 33.3 Å². The summed E-state index contributed by atoms with van der Waals surface area (Å²) in [7, 11) is 3.54. The van der Waals surface area contributed by atoms with Gasteiger partial charge >= 0.3 is 0 Å². The van der Waals surface area contributed by atoms with Gasteiger partial charge in [-0.05, 0) is 33.1 Å². The summed E-state index contributed by atoms with van der Waals surface area (Å²) >= 11 is 0. The number of carbonyl (C=O) groups is 1. The van der Waals surface area contributed by atoms with E-state index in [4.69, 9.17) is 10.2 Å². The number of hydrogen-bond donors (Lipinski definition) is 0. The monoisotopic (exact) mass is 482 g/mol. The molecule has 36 heavy (non-hydrogen) atoms. The third kappa shape index (κ3) is 5.35. The van der Waals surface area contributed by atoms with Gasteiger partial charge in [-0.15, -0.1) is 0 Å². The summed E-state index contributed by atoms with van der Waals surface area (Å²) in [6.45, 7) is 13.8. The Hall–Kier alpha value is -3.47. The highest BCUT2D eigenvalue weighted by Gasteiger charge is 2.19. The molecule has 1 heterocycles. The van der Waals surface area contributed by atoms with Crippen LogP contribution in [0.5, 0.6) is 0 Å². The molecule has 0 radical (unpaired) electrons. The molecule has 0 fully saturated rings. The Bertz CT molecular complexity index is 1270. The Morgan fingerprint density at radius 1 is 0.694 bits per heavy atom. The van der Waals surface area contributed by atoms with E-state index in [2.05, 4.69) is 102 Å². The van der Waals surface area contributed by atoms with Crippen molar-refractivity contribution >= 4 is 16.9 Å². The maximum Gasteiger partial charge on any atom is 0.223 e. The number of aromatic nitrogens is 3. The van der Waals surface area contributed by atoms with E-state index in [1.165, 1.54) is 11.1 Å². The molecule has 0 aliphatic rings. The maximum absolute atomic E-state index is 12.2. The second-order valence-electron chi connectivity index (χ2n) is 11.8. The molecular formula is C31H38N4O. The zero-order valence-electron chi connectivity index (χ0n) is 22.9. The van der Waals surface area contributed by atoms with Crippen molar-refractivity contribution in [1.29, 1.82) is 0 Å². The summed E-state index contributed by atoms with van der Waals surface area (Å²) < 4.78 is 0. The largest absolute Gasteiger partial charge is 0.349 e. The molecule has 0 bridgehead atoms. The van der Waals surface area contributed by atoms with Gasteiger partial charge in [0.05, 0.1) is 6.54 Å². The van der Waals surface area contributed by atoms with Crippen molar-refractivity contribution in [2.45, 2.75) is 65.3 Å². The SMILES string of the molecule is CN(C)C(=O)CCn1nc2c(-c3ccc(C(C)(C)C)cc3)ccc(-c3ccc(C(C)(C)C)cc3)c2n1. The lowest BCUT2D eigenvalue weighted by molar-refractivity contribution is -0.129. The van der Waals surface area contributed by atoms with E-state index < -0.39 is 0 Å². The van der Waals surface area contributed by atoms with Gasteiger partial charge in [-0.1, -0.05) is 102 Å². The fraction of sp³-hybridized carbons (Fsp3) is 0.387. The van der Waals surface area contributed by atoms with Gasteiger partial charge in [-0.25, -0.2) is 0 Å². The smallest absolute Gasteiger partial charge is 0.223 e. The molecule has 188 valence electrons. The first kappa shape index (κ1) is 25.6. The standard InChI is InChI=1S/C31H38N4O/c1-30(2,3)23-13-9-21(10-14-23)25-17-18-26(22-11-15-24(16-12-22)31(4,5)6)29-28(25)32-35(33-29)20-19-27(36)34(7)8/h9-18H,19-20H2,1-8H3. The average Bonchev–Trinajstić information content (AvgIpc) is 3.25. The second-order valence-corrected chi connectivity index (χ2v) is 11.8. The van der Waals surface area contributed by atoms with Gasteiger partial charge in [-0.3, -0.25) is 4.79 Å². The number of benzene rings is 3. The maximum atomic E-state index is 12.2. The molecule has 0 atom stereocenters. The van der Waals surface area contributed by atoms with Crippen LogP contribution in [0.1, 0.15) is 59.1 Å². The predicted octanol–water partition coefficient (Wildman–Crippen LogP) is 6.84. The molecule has 5 heteroatoms. The van der Waals surface area contributed by atoms with E-state index >= 15 is 0 Å². The van der Waals surface area contributed by atoms with Crippen LogP contribution in [0.2, 0.25) is 0 Å². The quantitative estimate of drug-likeness (QED) is 0.313. The predicted molar refractivity (Wildman–Crippen MR) is 149 cm³/mol. The van der Waals surface area contributed by atoms with Crippen molar-refractivity contribution in [2.24, 2.45) is 0 Å². The van der Waals surface area contributed by atoms with Crippen molar-refractivity contribution in [1.82, 2.24) is 19.9 Å². The topological polar surface area (TPSA) is 51.0 Å². The van der Waals surface area contributed by atoms with E-state index in [0.717, 1.165) is 33.3 Å². The van der Waals surface area contributed by atoms with E-state index in [-0.39, 0.29) is 16.7 Å². The Balaban J connectivity index is 1.81. The van der Waals surface area contributed by atoms with E-state index in [9.17, 15) is 4.79 Å². The number of hydrogen-bond acceptors (Lipinski definition) is 3. The van der Waals surface area contributed by atoms with Gasteiger partial charge in [-0.2, -0.15) is 15.0 Å². The number of rotatable bonds is 5.